The summed E-state index contributed by atoms with van der Waals surface area (Å²) in [5.41, 5.74) is 1.05. The summed E-state index contributed by atoms with van der Waals surface area (Å²) in [5.74, 6) is 0.453. The van der Waals surface area contributed by atoms with Crippen molar-refractivity contribution in [2.24, 2.45) is 0 Å². The summed E-state index contributed by atoms with van der Waals surface area (Å²) < 4.78 is 26.8. The first-order chi connectivity index (χ1) is 10.7. The van der Waals surface area contributed by atoms with Gasteiger partial charge in [-0.1, -0.05) is 36.4 Å². The van der Waals surface area contributed by atoms with Gasteiger partial charge in [-0.25, -0.2) is 8.78 Å². The van der Waals surface area contributed by atoms with Crippen molar-refractivity contribution >= 4 is 17.7 Å². The van der Waals surface area contributed by atoms with Crippen LogP contribution in [0.25, 0.3) is 0 Å². The quantitative estimate of drug-likeness (QED) is 0.790. The summed E-state index contributed by atoms with van der Waals surface area (Å²) in [6, 6.07) is 12.9. The Balaban J connectivity index is 1.65. The predicted octanol–water partition coefficient (Wildman–Crippen LogP) is 3.56. The Hall–Kier alpha value is -1.88. The third-order valence-electron chi connectivity index (χ3n) is 3.09. The van der Waals surface area contributed by atoms with Crippen molar-refractivity contribution < 1.29 is 13.6 Å². The van der Waals surface area contributed by atoms with Crippen LogP contribution < -0.4 is 5.32 Å². The minimum Gasteiger partial charge on any atom is -0.355 e. The van der Waals surface area contributed by atoms with Gasteiger partial charge in [0.05, 0.1) is 6.42 Å². The molecular formula is C17H17F2NOS. The highest BCUT2D eigenvalue weighted by Gasteiger charge is 2.07. The maximum absolute atomic E-state index is 13.4. The third-order valence-corrected chi connectivity index (χ3v) is 4.10. The lowest BCUT2D eigenvalue weighted by atomic mass is 10.1. The molecule has 0 unspecified atom stereocenters. The number of benzene rings is 2. The predicted molar refractivity (Wildman–Crippen MR) is 85.7 cm³/mol. The van der Waals surface area contributed by atoms with Crippen LogP contribution in [0.3, 0.4) is 0 Å². The molecular weight excluding hydrogens is 304 g/mol. The van der Waals surface area contributed by atoms with Gasteiger partial charge in [0.25, 0.3) is 0 Å². The Labute approximate surface area is 132 Å². The molecule has 22 heavy (non-hydrogen) atoms. The Bertz CT molecular complexity index is 634. The van der Waals surface area contributed by atoms with Crippen molar-refractivity contribution in [3.63, 3.8) is 0 Å². The number of rotatable bonds is 7. The molecule has 0 saturated heterocycles. The van der Waals surface area contributed by atoms with E-state index in [-0.39, 0.29) is 24.0 Å². The van der Waals surface area contributed by atoms with E-state index < -0.39 is 0 Å². The molecule has 0 heterocycles. The molecule has 2 rings (SSSR count). The first-order valence-corrected chi connectivity index (χ1v) is 8.13. The van der Waals surface area contributed by atoms with Crippen LogP contribution in [0.2, 0.25) is 0 Å². The topological polar surface area (TPSA) is 29.1 Å². The van der Waals surface area contributed by atoms with Crippen LogP contribution in [0.15, 0.2) is 48.5 Å². The van der Waals surface area contributed by atoms with Crippen LogP contribution in [0.4, 0.5) is 8.78 Å². The zero-order valence-electron chi connectivity index (χ0n) is 12.0. The fraction of sp³-hybridized carbons (Fsp3) is 0.235. The molecule has 1 amide bonds. The zero-order valence-corrected chi connectivity index (χ0v) is 12.8. The third kappa shape index (κ3) is 5.15. The lowest BCUT2D eigenvalue weighted by molar-refractivity contribution is -0.120. The van der Waals surface area contributed by atoms with Gasteiger partial charge >= 0.3 is 0 Å². The highest BCUT2D eigenvalue weighted by molar-refractivity contribution is 7.98. The standard InChI is InChI=1S/C17H17F2NOS/c18-15-7-3-1-5-13(15)11-17(21)20-9-10-22-12-14-6-2-4-8-16(14)19/h1-8H,9-12H2,(H,20,21). The van der Waals surface area contributed by atoms with E-state index in [0.717, 1.165) is 0 Å². The molecule has 0 aliphatic heterocycles. The lowest BCUT2D eigenvalue weighted by Crippen LogP contribution is -2.27. The summed E-state index contributed by atoms with van der Waals surface area (Å²) >= 11 is 1.54. The van der Waals surface area contributed by atoms with Gasteiger partial charge in [0.1, 0.15) is 11.6 Å². The molecule has 0 aliphatic carbocycles. The second kappa shape index (κ2) is 8.54. The molecule has 0 fully saturated rings. The summed E-state index contributed by atoms with van der Waals surface area (Å²) in [6.07, 6.45) is 0.0324. The van der Waals surface area contributed by atoms with Gasteiger partial charge in [-0.15, -0.1) is 0 Å². The van der Waals surface area contributed by atoms with Crippen LogP contribution in [-0.4, -0.2) is 18.2 Å². The van der Waals surface area contributed by atoms with Gasteiger partial charge in [0, 0.05) is 18.1 Å². The van der Waals surface area contributed by atoms with E-state index in [9.17, 15) is 13.6 Å². The van der Waals surface area contributed by atoms with Gasteiger partial charge in [-0.3, -0.25) is 4.79 Å². The summed E-state index contributed by atoms with van der Waals surface area (Å²) in [6.45, 7) is 0.479. The van der Waals surface area contributed by atoms with E-state index in [1.54, 1.807) is 48.2 Å². The molecule has 1 N–H and O–H groups in total. The van der Waals surface area contributed by atoms with E-state index in [4.69, 9.17) is 0 Å². The van der Waals surface area contributed by atoms with Gasteiger partial charge < -0.3 is 5.32 Å². The van der Waals surface area contributed by atoms with Crippen molar-refractivity contribution in [1.29, 1.82) is 0 Å². The molecule has 2 aromatic rings. The summed E-state index contributed by atoms with van der Waals surface area (Å²) in [7, 11) is 0. The maximum atomic E-state index is 13.4. The number of amides is 1. The van der Waals surface area contributed by atoms with Crippen LogP contribution in [0.1, 0.15) is 11.1 Å². The Morgan fingerprint density at radius 3 is 2.18 bits per heavy atom. The maximum Gasteiger partial charge on any atom is 0.224 e. The van der Waals surface area contributed by atoms with Crippen molar-refractivity contribution in [3.8, 4) is 0 Å². The molecule has 0 radical (unpaired) electrons. The highest BCUT2D eigenvalue weighted by atomic mass is 32.2. The van der Waals surface area contributed by atoms with Crippen LogP contribution in [-0.2, 0) is 17.0 Å². The lowest BCUT2D eigenvalue weighted by Gasteiger charge is -2.06. The van der Waals surface area contributed by atoms with Crippen molar-refractivity contribution in [1.82, 2.24) is 5.32 Å². The highest BCUT2D eigenvalue weighted by Crippen LogP contribution is 2.14. The fourth-order valence-corrected chi connectivity index (χ4v) is 2.78. The van der Waals surface area contributed by atoms with E-state index in [0.29, 0.717) is 29.2 Å². The first-order valence-electron chi connectivity index (χ1n) is 6.98. The molecule has 0 atom stereocenters. The van der Waals surface area contributed by atoms with Crippen molar-refractivity contribution in [2.75, 3.05) is 12.3 Å². The second-order valence-corrected chi connectivity index (χ2v) is 5.87. The van der Waals surface area contributed by atoms with E-state index in [2.05, 4.69) is 5.32 Å². The molecule has 0 spiro atoms. The molecule has 2 nitrogen and oxygen atoms in total. The van der Waals surface area contributed by atoms with Gasteiger partial charge in [0.15, 0.2) is 0 Å². The number of carbonyl (C=O) groups excluding carboxylic acids is 1. The minimum atomic E-state index is -0.369. The SMILES string of the molecule is O=C(Cc1ccccc1F)NCCSCc1ccccc1F. The Morgan fingerprint density at radius 2 is 1.55 bits per heavy atom. The number of hydrogen-bond donors (Lipinski definition) is 1. The van der Waals surface area contributed by atoms with Crippen molar-refractivity contribution in [2.45, 2.75) is 12.2 Å². The van der Waals surface area contributed by atoms with Gasteiger partial charge in [-0.2, -0.15) is 11.8 Å². The van der Waals surface area contributed by atoms with E-state index in [1.807, 2.05) is 0 Å². The molecule has 0 saturated carbocycles. The fourth-order valence-electron chi connectivity index (χ4n) is 1.94. The molecule has 0 bridgehead atoms. The molecule has 0 aromatic heterocycles. The average molecular weight is 321 g/mol. The summed E-state index contributed by atoms with van der Waals surface area (Å²) in [4.78, 5) is 11.7. The van der Waals surface area contributed by atoms with Gasteiger partial charge in [0.2, 0.25) is 5.91 Å². The van der Waals surface area contributed by atoms with E-state index in [1.165, 1.54) is 12.1 Å². The van der Waals surface area contributed by atoms with Crippen LogP contribution in [0, 0.1) is 11.6 Å². The zero-order chi connectivity index (χ0) is 15.8. The first kappa shape index (κ1) is 16.5. The van der Waals surface area contributed by atoms with Crippen LogP contribution >= 0.6 is 11.8 Å². The normalized spacial score (nSPS) is 10.5. The smallest absolute Gasteiger partial charge is 0.224 e. The minimum absolute atomic E-state index is 0.0324. The molecule has 0 aliphatic rings. The number of thioether (sulfide) groups is 1. The Kier molecular flexibility index (Phi) is 6.40. The second-order valence-electron chi connectivity index (χ2n) is 4.76. The van der Waals surface area contributed by atoms with Crippen LogP contribution in [0.5, 0.6) is 0 Å². The number of nitrogens with one attached hydrogen (secondary N) is 1. The number of hydrogen-bond acceptors (Lipinski definition) is 2. The van der Waals surface area contributed by atoms with Crippen molar-refractivity contribution in [3.05, 3.63) is 71.3 Å². The number of carbonyl (C=O) groups is 1. The molecule has 5 heteroatoms. The molecule has 2 aromatic carbocycles. The largest absolute Gasteiger partial charge is 0.355 e. The van der Waals surface area contributed by atoms with E-state index >= 15 is 0 Å². The Morgan fingerprint density at radius 1 is 0.955 bits per heavy atom. The monoisotopic (exact) mass is 321 g/mol. The molecule has 116 valence electrons. The summed E-state index contributed by atoms with van der Waals surface area (Å²) in [5, 5.41) is 2.74. The van der Waals surface area contributed by atoms with Gasteiger partial charge in [-0.05, 0) is 23.3 Å². The average Bonchev–Trinajstić information content (AvgIpc) is 2.51. The number of halogens is 2.